The zero-order chi connectivity index (χ0) is 20.7. The Kier molecular flexibility index (Phi) is 5.52. The standard InChI is InChI=1S/C23H27ClN2O3S/c24-19-9-7-17(8-10-19)15-25-13-11-20-21(12-14-25)29-22-3-1-2-4-23(22)30(27,28)26(20)16-18-5-6-18/h1-4,7-10,18,20-21H,5-6,11-16H2/t20-,21+/m1/s1. The first-order chi connectivity index (χ1) is 14.5. The highest BCUT2D eigenvalue weighted by molar-refractivity contribution is 7.89. The van der Waals surface area contributed by atoms with E-state index in [0.29, 0.717) is 23.1 Å². The Morgan fingerprint density at radius 3 is 2.47 bits per heavy atom. The molecule has 0 spiro atoms. The molecule has 30 heavy (non-hydrogen) atoms. The predicted octanol–water partition coefficient (Wildman–Crippen LogP) is 4.17. The van der Waals surface area contributed by atoms with Gasteiger partial charge in [-0.25, -0.2) is 8.42 Å². The lowest BCUT2D eigenvalue weighted by Gasteiger charge is -2.31. The van der Waals surface area contributed by atoms with Gasteiger partial charge in [0, 0.05) is 31.2 Å². The van der Waals surface area contributed by atoms with Gasteiger partial charge in [0.05, 0.1) is 6.04 Å². The smallest absolute Gasteiger partial charge is 0.247 e. The first kappa shape index (κ1) is 20.3. The molecular formula is C23H27ClN2O3S. The zero-order valence-corrected chi connectivity index (χ0v) is 18.5. The SMILES string of the molecule is O=S1(=O)c2ccccc2O[C@H]2CCN(Cc3ccc(Cl)cc3)CC[C@H]2N1CC1CC1. The highest BCUT2D eigenvalue weighted by atomic mass is 35.5. The van der Waals surface area contributed by atoms with Gasteiger partial charge in [0.2, 0.25) is 10.0 Å². The largest absolute Gasteiger partial charge is 0.487 e. The minimum Gasteiger partial charge on any atom is -0.487 e. The second-order valence-electron chi connectivity index (χ2n) is 8.67. The molecule has 2 heterocycles. The molecule has 3 aliphatic rings. The van der Waals surface area contributed by atoms with Gasteiger partial charge in [-0.2, -0.15) is 4.31 Å². The topological polar surface area (TPSA) is 49.9 Å². The van der Waals surface area contributed by atoms with Crippen LogP contribution in [0.5, 0.6) is 5.75 Å². The van der Waals surface area contributed by atoms with Crippen molar-refractivity contribution < 1.29 is 13.2 Å². The number of para-hydroxylation sites is 1. The fourth-order valence-electron chi connectivity index (χ4n) is 4.60. The number of halogens is 1. The van der Waals surface area contributed by atoms with Gasteiger partial charge in [0.1, 0.15) is 16.7 Å². The van der Waals surface area contributed by atoms with E-state index in [1.54, 1.807) is 22.5 Å². The summed E-state index contributed by atoms with van der Waals surface area (Å²) in [5.74, 6) is 0.982. The Morgan fingerprint density at radius 2 is 1.70 bits per heavy atom. The molecule has 1 saturated carbocycles. The summed E-state index contributed by atoms with van der Waals surface area (Å²) >= 11 is 6.02. The maximum Gasteiger partial charge on any atom is 0.247 e. The summed E-state index contributed by atoms with van der Waals surface area (Å²) in [4.78, 5) is 2.71. The molecule has 2 aliphatic heterocycles. The van der Waals surface area contributed by atoms with Crippen LogP contribution in [0.2, 0.25) is 5.02 Å². The Balaban J connectivity index is 1.42. The molecule has 1 aliphatic carbocycles. The molecule has 2 aromatic rings. The van der Waals surface area contributed by atoms with Crippen LogP contribution in [0.15, 0.2) is 53.4 Å². The van der Waals surface area contributed by atoms with Crippen molar-refractivity contribution in [3.05, 3.63) is 59.1 Å². The molecule has 2 aromatic carbocycles. The van der Waals surface area contributed by atoms with E-state index in [1.165, 1.54) is 5.56 Å². The predicted molar refractivity (Wildman–Crippen MR) is 117 cm³/mol. The Bertz CT molecular complexity index is 1010. The second kappa shape index (κ2) is 8.15. The van der Waals surface area contributed by atoms with E-state index in [2.05, 4.69) is 17.0 Å². The number of hydrogen-bond donors (Lipinski definition) is 0. The van der Waals surface area contributed by atoms with Crippen molar-refractivity contribution in [3.63, 3.8) is 0 Å². The van der Waals surface area contributed by atoms with Gasteiger partial charge in [0.15, 0.2) is 0 Å². The quantitative estimate of drug-likeness (QED) is 0.707. The minimum atomic E-state index is -3.57. The molecule has 1 saturated heterocycles. The lowest BCUT2D eigenvalue weighted by atomic mass is 10.1. The second-order valence-corrected chi connectivity index (χ2v) is 11.0. The van der Waals surface area contributed by atoms with E-state index in [9.17, 15) is 8.42 Å². The van der Waals surface area contributed by atoms with Crippen molar-refractivity contribution >= 4 is 21.6 Å². The summed E-state index contributed by atoms with van der Waals surface area (Å²) in [6.45, 7) is 3.17. The van der Waals surface area contributed by atoms with Crippen LogP contribution in [0.4, 0.5) is 0 Å². The van der Waals surface area contributed by atoms with E-state index in [-0.39, 0.29) is 12.1 Å². The molecule has 7 heteroatoms. The van der Waals surface area contributed by atoms with Crippen LogP contribution in [-0.4, -0.2) is 49.4 Å². The van der Waals surface area contributed by atoms with E-state index in [0.717, 1.165) is 50.3 Å². The number of likely N-dealkylation sites (tertiary alicyclic amines) is 1. The van der Waals surface area contributed by atoms with Gasteiger partial charge in [-0.05, 0) is 61.4 Å². The monoisotopic (exact) mass is 446 g/mol. The highest BCUT2D eigenvalue weighted by Crippen LogP contribution is 2.39. The Labute approximate surface area is 183 Å². The average Bonchev–Trinajstić information content (AvgIpc) is 3.57. The molecule has 0 aromatic heterocycles. The molecule has 2 fully saturated rings. The lowest BCUT2D eigenvalue weighted by Crippen LogP contribution is -2.48. The van der Waals surface area contributed by atoms with Crippen molar-refractivity contribution in [3.8, 4) is 5.75 Å². The number of nitrogens with zero attached hydrogens (tertiary/aromatic N) is 2. The zero-order valence-electron chi connectivity index (χ0n) is 16.9. The van der Waals surface area contributed by atoms with E-state index in [1.807, 2.05) is 18.2 Å². The summed E-state index contributed by atoms with van der Waals surface area (Å²) in [7, 11) is -3.57. The van der Waals surface area contributed by atoms with Crippen LogP contribution in [0.25, 0.3) is 0 Å². The normalized spacial score (nSPS) is 26.7. The van der Waals surface area contributed by atoms with Gasteiger partial charge in [0.25, 0.3) is 0 Å². The third-order valence-electron chi connectivity index (χ3n) is 6.44. The highest BCUT2D eigenvalue weighted by Gasteiger charge is 2.45. The van der Waals surface area contributed by atoms with Crippen molar-refractivity contribution in [2.24, 2.45) is 5.92 Å². The van der Waals surface area contributed by atoms with Crippen LogP contribution < -0.4 is 4.74 Å². The number of benzene rings is 2. The van der Waals surface area contributed by atoms with Crippen LogP contribution in [0.3, 0.4) is 0 Å². The van der Waals surface area contributed by atoms with Crippen molar-refractivity contribution in [2.75, 3.05) is 19.6 Å². The summed E-state index contributed by atoms with van der Waals surface area (Å²) in [6, 6.07) is 14.9. The Morgan fingerprint density at radius 1 is 0.967 bits per heavy atom. The summed E-state index contributed by atoms with van der Waals surface area (Å²) < 4.78 is 35.3. The van der Waals surface area contributed by atoms with Gasteiger partial charge < -0.3 is 4.74 Å². The molecule has 0 N–H and O–H groups in total. The van der Waals surface area contributed by atoms with E-state index >= 15 is 0 Å². The first-order valence-electron chi connectivity index (χ1n) is 10.7. The van der Waals surface area contributed by atoms with Crippen LogP contribution in [-0.2, 0) is 16.6 Å². The average molecular weight is 447 g/mol. The summed E-state index contributed by atoms with van der Waals surface area (Å²) in [6.07, 6.45) is 3.70. The molecule has 160 valence electrons. The number of ether oxygens (including phenoxy) is 1. The third-order valence-corrected chi connectivity index (χ3v) is 8.62. The molecule has 0 bridgehead atoms. The van der Waals surface area contributed by atoms with Gasteiger partial charge in [-0.15, -0.1) is 0 Å². The van der Waals surface area contributed by atoms with Crippen LogP contribution in [0.1, 0.15) is 31.2 Å². The molecule has 0 radical (unpaired) electrons. The number of sulfonamides is 1. The summed E-state index contributed by atoms with van der Waals surface area (Å²) in [5.41, 5.74) is 1.22. The Hall–Kier alpha value is -1.60. The minimum absolute atomic E-state index is 0.127. The number of fused-ring (bicyclic) bond motifs is 2. The molecular weight excluding hydrogens is 420 g/mol. The van der Waals surface area contributed by atoms with Gasteiger partial charge in [-0.1, -0.05) is 35.9 Å². The third kappa shape index (κ3) is 4.11. The molecule has 2 atom stereocenters. The molecule has 5 nitrogen and oxygen atoms in total. The number of hydrogen-bond acceptors (Lipinski definition) is 4. The van der Waals surface area contributed by atoms with E-state index < -0.39 is 10.0 Å². The molecule has 0 unspecified atom stereocenters. The van der Waals surface area contributed by atoms with Crippen molar-refractivity contribution in [2.45, 2.75) is 49.3 Å². The van der Waals surface area contributed by atoms with Gasteiger partial charge in [-0.3, -0.25) is 4.90 Å². The maximum absolute atomic E-state index is 13.6. The fraction of sp³-hybridized carbons (Fsp3) is 0.478. The molecule has 5 rings (SSSR count). The first-order valence-corrected chi connectivity index (χ1v) is 12.6. The van der Waals surface area contributed by atoms with Crippen molar-refractivity contribution in [1.82, 2.24) is 9.21 Å². The van der Waals surface area contributed by atoms with Crippen molar-refractivity contribution in [1.29, 1.82) is 0 Å². The van der Waals surface area contributed by atoms with Gasteiger partial charge >= 0.3 is 0 Å². The fourth-order valence-corrected chi connectivity index (χ4v) is 6.61. The van der Waals surface area contributed by atoms with Crippen LogP contribution in [0, 0.1) is 5.92 Å². The van der Waals surface area contributed by atoms with Crippen LogP contribution >= 0.6 is 11.6 Å². The summed E-state index contributed by atoms with van der Waals surface area (Å²) in [5, 5.41) is 0.741. The maximum atomic E-state index is 13.6. The van der Waals surface area contributed by atoms with E-state index in [4.69, 9.17) is 16.3 Å². The molecule has 0 amide bonds. The number of rotatable bonds is 4. The lowest BCUT2D eigenvalue weighted by molar-refractivity contribution is 0.111.